The Morgan fingerprint density at radius 1 is 1.19 bits per heavy atom. The maximum atomic E-state index is 11.6. The van der Waals surface area contributed by atoms with Crippen LogP contribution < -0.4 is 20.1 Å². The molecule has 1 saturated heterocycles. The molecule has 2 heterocycles. The number of nitrogens with one attached hydrogen (secondary N) is 3. The van der Waals surface area contributed by atoms with Crippen LogP contribution in [-0.4, -0.2) is 49.7 Å². The number of anilines is 4. The lowest BCUT2D eigenvalue weighted by molar-refractivity contribution is -0.129. The number of rotatable bonds is 9. The monoisotopic (exact) mass is 543 g/mol. The first-order valence-electron chi connectivity index (χ1n) is 11.7. The van der Waals surface area contributed by atoms with Gasteiger partial charge >= 0.3 is 0 Å². The van der Waals surface area contributed by atoms with E-state index in [0.717, 1.165) is 37.1 Å². The van der Waals surface area contributed by atoms with Crippen LogP contribution in [0, 0.1) is 0 Å². The Kier molecular flexibility index (Phi) is 8.93. The summed E-state index contributed by atoms with van der Waals surface area (Å²) in [5, 5.41) is 6.66. The van der Waals surface area contributed by atoms with E-state index >= 15 is 0 Å². The normalized spacial score (nSPS) is 14.8. The summed E-state index contributed by atoms with van der Waals surface area (Å²) in [7, 11) is 1.61. The fourth-order valence-corrected chi connectivity index (χ4v) is 4.70. The summed E-state index contributed by atoms with van der Waals surface area (Å²) in [4.78, 5) is 22.3. The van der Waals surface area contributed by atoms with Crippen LogP contribution in [0.15, 0.2) is 48.7 Å². The van der Waals surface area contributed by atoms with Gasteiger partial charge in [0.15, 0.2) is 5.82 Å². The highest BCUT2D eigenvalue weighted by Crippen LogP contribution is 2.35. The second-order valence-electron chi connectivity index (χ2n) is 8.59. The number of piperidine rings is 1. The number of benzene rings is 2. The van der Waals surface area contributed by atoms with Gasteiger partial charge in [-0.2, -0.15) is 4.98 Å². The van der Waals surface area contributed by atoms with Crippen LogP contribution in [0.25, 0.3) is 0 Å². The Morgan fingerprint density at radius 3 is 2.65 bits per heavy atom. The number of ether oxygens (including phenoxy) is 1. The highest BCUT2D eigenvalue weighted by molar-refractivity contribution is 7.77. The van der Waals surface area contributed by atoms with Crippen LogP contribution in [0.5, 0.6) is 5.75 Å². The summed E-state index contributed by atoms with van der Waals surface area (Å²) in [5.41, 5.74) is 3.24. The smallest absolute Gasteiger partial charge is 0.229 e. The molecule has 10 nitrogen and oxygen atoms in total. The average molecular weight is 544 g/mol. The van der Waals surface area contributed by atoms with Gasteiger partial charge in [0.2, 0.25) is 11.9 Å². The highest BCUT2D eigenvalue weighted by atomic mass is 35.5. The first-order chi connectivity index (χ1) is 17.8. The Labute approximate surface area is 223 Å². The van der Waals surface area contributed by atoms with Gasteiger partial charge in [-0.1, -0.05) is 35.9 Å². The van der Waals surface area contributed by atoms with Crippen LogP contribution in [0.1, 0.15) is 36.8 Å². The molecule has 0 radical (unpaired) electrons. The van der Waals surface area contributed by atoms with E-state index in [0.29, 0.717) is 39.8 Å². The molecule has 12 heteroatoms. The number of para-hydroxylation sites is 1. The number of carbonyl (C=O) groups excluding carboxylic acids is 1. The van der Waals surface area contributed by atoms with E-state index in [4.69, 9.17) is 16.3 Å². The van der Waals surface area contributed by atoms with Crippen molar-refractivity contribution in [1.82, 2.24) is 19.6 Å². The third kappa shape index (κ3) is 6.95. The van der Waals surface area contributed by atoms with E-state index in [1.165, 1.54) is 6.20 Å². The molecule has 1 aliphatic rings. The molecular weight excluding hydrogens is 516 g/mol. The summed E-state index contributed by atoms with van der Waals surface area (Å²) in [6.07, 6.45) is 3.30. The number of hydrogen-bond acceptors (Lipinski definition) is 8. The number of amides is 1. The number of halogens is 1. The lowest BCUT2D eigenvalue weighted by Gasteiger charge is -2.31. The molecule has 0 spiro atoms. The number of carbonyl (C=O) groups is 1. The molecular formula is C25H28ClN6O4S-. The second-order valence-corrected chi connectivity index (χ2v) is 9.76. The predicted molar refractivity (Wildman–Crippen MR) is 143 cm³/mol. The molecule has 0 saturated carbocycles. The average Bonchev–Trinajstić information content (AvgIpc) is 2.90. The maximum Gasteiger partial charge on any atom is 0.229 e. The van der Waals surface area contributed by atoms with E-state index < -0.39 is 11.3 Å². The minimum absolute atomic E-state index is 0.115. The Balaban J connectivity index is 1.50. The molecule has 1 fully saturated rings. The van der Waals surface area contributed by atoms with Crippen molar-refractivity contribution in [2.24, 2.45) is 0 Å². The van der Waals surface area contributed by atoms with Crippen molar-refractivity contribution in [3.05, 3.63) is 64.8 Å². The summed E-state index contributed by atoms with van der Waals surface area (Å²) in [5.74, 6) is 1.80. The van der Waals surface area contributed by atoms with E-state index in [9.17, 15) is 13.6 Å². The maximum absolute atomic E-state index is 11.6. The fourth-order valence-electron chi connectivity index (χ4n) is 4.29. The lowest BCUT2D eigenvalue weighted by atomic mass is 9.89. The molecule has 3 aromatic rings. The summed E-state index contributed by atoms with van der Waals surface area (Å²) in [6, 6.07) is 13.2. The molecule has 1 aliphatic heterocycles. The van der Waals surface area contributed by atoms with Gasteiger partial charge in [-0.25, -0.2) is 9.71 Å². The number of nitrogens with zero attached hydrogens (tertiary/aromatic N) is 3. The minimum Gasteiger partial charge on any atom is -0.760 e. The zero-order chi connectivity index (χ0) is 26.4. The van der Waals surface area contributed by atoms with Gasteiger partial charge in [-0.3, -0.25) is 9.00 Å². The number of methoxy groups -OCH3 is 1. The van der Waals surface area contributed by atoms with E-state index in [2.05, 4.69) is 31.4 Å². The number of aromatic nitrogens is 2. The van der Waals surface area contributed by atoms with Crippen LogP contribution in [0.3, 0.4) is 0 Å². The van der Waals surface area contributed by atoms with E-state index in [1.807, 2.05) is 29.2 Å². The van der Waals surface area contributed by atoms with Gasteiger partial charge in [-0.15, -0.1) is 0 Å². The van der Waals surface area contributed by atoms with Crippen molar-refractivity contribution < 1.29 is 18.3 Å². The van der Waals surface area contributed by atoms with Gasteiger partial charge in [-0.05, 0) is 48.1 Å². The molecule has 196 valence electrons. The Hall–Kier alpha value is -3.25. The van der Waals surface area contributed by atoms with Crippen molar-refractivity contribution in [3.8, 4) is 5.75 Å². The molecule has 4 rings (SSSR count). The van der Waals surface area contributed by atoms with Crippen molar-refractivity contribution in [3.63, 3.8) is 0 Å². The SMILES string of the molecule is COc1cc(C2CCN(C(C)=O)CC2)ccc1Nc1ncc(Cl)c(Nc2ccccc2CNS(=O)[O-])n1. The zero-order valence-corrected chi connectivity index (χ0v) is 22.1. The van der Waals surface area contributed by atoms with Crippen molar-refractivity contribution >= 4 is 51.9 Å². The first kappa shape index (κ1) is 26.8. The van der Waals surface area contributed by atoms with Gasteiger partial charge in [0.1, 0.15) is 10.8 Å². The molecule has 1 amide bonds. The molecule has 1 atom stereocenters. The molecule has 0 aliphatic carbocycles. The fraction of sp³-hybridized carbons (Fsp3) is 0.320. The largest absolute Gasteiger partial charge is 0.760 e. The van der Waals surface area contributed by atoms with E-state index in [1.54, 1.807) is 26.2 Å². The number of hydrogen-bond donors (Lipinski definition) is 3. The van der Waals surface area contributed by atoms with Gasteiger partial charge in [0, 0.05) is 43.5 Å². The third-order valence-electron chi connectivity index (χ3n) is 6.28. The predicted octanol–water partition coefficient (Wildman–Crippen LogP) is 4.24. The van der Waals surface area contributed by atoms with Crippen molar-refractivity contribution in [2.75, 3.05) is 30.8 Å². The summed E-state index contributed by atoms with van der Waals surface area (Å²) < 4.78 is 29.8. The molecule has 1 aromatic heterocycles. The first-order valence-corrected chi connectivity index (χ1v) is 13.2. The molecule has 1 unspecified atom stereocenters. The van der Waals surface area contributed by atoms with Gasteiger partial charge < -0.3 is 24.8 Å². The lowest BCUT2D eigenvalue weighted by Crippen LogP contribution is -2.36. The molecule has 3 N–H and O–H groups in total. The zero-order valence-electron chi connectivity index (χ0n) is 20.5. The quantitative estimate of drug-likeness (QED) is 0.341. The van der Waals surface area contributed by atoms with Gasteiger partial charge in [0.25, 0.3) is 0 Å². The minimum atomic E-state index is -2.38. The Morgan fingerprint density at radius 2 is 1.95 bits per heavy atom. The van der Waals surface area contributed by atoms with Crippen LogP contribution in [0.4, 0.5) is 23.1 Å². The highest BCUT2D eigenvalue weighted by Gasteiger charge is 2.23. The molecule has 37 heavy (non-hydrogen) atoms. The molecule has 0 bridgehead atoms. The van der Waals surface area contributed by atoms with Crippen molar-refractivity contribution in [2.45, 2.75) is 32.2 Å². The Bertz CT molecular complexity index is 1290. The topological polar surface area (TPSA) is 132 Å². The van der Waals surface area contributed by atoms with Crippen LogP contribution >= 0.6 is 11.6 Å². The summed E-state index contributed by atoms with van der Waals surface area (Å²) in [6.45, 7) is 3.23. The molecule has 2 aromatic carbocycles. The van der Waals surface area contributed by atoms with Crippen LogP contribution in [-0.2, 0) is 22.6 Å². The number of likely N-dealkylation sites (tertiary alicyclic amines) is 1. The standard InChI is InChI=1S/C25H29ClN6O4S/c1-16(33)32-11-9-17(10-12-32)18-7-8-22(23(13-18)36-2)30-25-27-15-20(26)24(31-25)29-21-6-4-3-5-19(21)14-28-37(34)35/h3-8,13,15,17,28H,9-12,14H2,1-2H3,(H,34,35)(H2,27,29,30,31)/p-1. The van der Waals surface area contributed by atoms with Gasteiger partial charge in [0.05, 0.1) is 19.0 Å². The second kappa shape index (κ2) is 12.3. The summed E-state index contributed by atoms with van der Waals surface area (Å²) >= 11 is 3.97. The third-order valence-corrected chi connectivity index (χ3v) is 6.94. The van der Waals surface area contributed by atoms with Crippen molar-refractivity contribution in [1.29, 1.82) is 0 Å². The van der Waals surface area contributed by atoms with E-state index in [-0.39, 0.29) is 12.5 Å². The van der Waals surface area contributed by atoms with Crippen LogP contribution in [0.2, 0.25) is 5.02 Å².